The Morgan fingerprint density at radius 1 is 1.02 bits per heavy atom. The molecule has 2 N–H and O–H groups in total. The van der Waals surface area contributed by atoms with Crippen molar-refractivity contribution in [2.24, 2.45) is 11.8 Å². The van der Waals surface area contributed by atoms with Gasteiger partial charge in [0.15, 0.2) is 0 Å². The van der Waals surface area contributed by atoms with Crippen molar-refractivity contribution >= 4 is 23.4 Å². The van der Waals surface area contributed by atoms with Gasteiger partial charge < -0.3 is 29.7 Å². The van der Waals surface area contributed by atoms with Crippen LogP contribution in [0.15, 0.2) is 48.5 Å². The summed E-state index contributed by atoms with van der Waals surface area (Å²) in [6.45, 7) is 6.78. The van der Waals surface area contributed by atoms with Crippen LogP contribution in [0.25, 0.3) is 0 Å². The maximum absolute atomic E-state index is 14.3. The number of rotatable bonds is 7. The zero-order valence-electron chi connectivity index (χ0n) is 27.4. The molecule has 0 radical (unpaired) electrons. The van der Waals surface area contributed by atoms with Gasteiger partial charge in [-0.2, -0.15) is 0 Å². The van der Waals surface area contributed by atoms with E-state index in [1.54, 1.807) is 47.2 Å². The quantitative estimate of drug-likeness (QED) is 0.406. The van der Waals surface area contributed by atoms with Crippen molar-refractivity contribution in [2.75, 3.05) is 38.7 Å². The SMILES string of the molecule is C[C@H](CO)N1C[C@H](C)[C@@H](CN(C)C(=O)c2ccccc2)OCCCC[C@H](C)Oc2ccc(NC(=O)C3CCCCC3)cc2C1=O. The van der Waals surface area contributed by atoms with E-state index in [0.717, 1.165) is 51.4 Å². The number of carbonyl (C=O) groups is 3. The van der Waals surface area contributed by atoms with E-state index in [4.69, 9.17) is 9.47 Å². The lowest BCUT2D eigenvalue weighted by Gasteiger charge is -2.36. The summed E-state index contributed by atoms with van der Waals surface area (Å²) < 4.78 is 12.7. The molecule has 2 aromatic carbocycles. The van der Waals surface area contributed by atoms with Crippen molar-refractivity contribution in [3.63, 3.8) is 0 Å². The van der Waals surface area contributed by atoms with Gasteiger partial charge in [0.25, 0.3) is 11.8 Å². The highest BCUT2D eigenvalue weighted by atomic mass is 16.5. The molecule has 4 atom stereocenters. The zero-order valence-corrected chi connectivity index (χ0v) is 27.4. The molecule has 9 nitrogen and oxygen atoms in total. The first-order valence-electron chi connectivity index (χ1n) is 16.6. The Bertz CT molecular complexity index is 1260. The summed E-state index contributed by atoms with van der Waals surface area (Å²) >= 11 is 0. The number of nitrogens with one attached hydrogen (secondary N) is 1. The van der Waals surface area contributed by atoms with Crippen LogP contribution in [-0.4, -0.2) is 84.2 Å². The highest BCUT2D eigenvalue weighted by Crippen LogP contribution is 2.30. The maximum Gasteiger partial charge on any atom is 0.258 e. The van der Waals surface area contributed by atoms with Crippen LogP contribution in [0.3, 0.4) is 0 Å². The Morgan fingerprint density at radius 3 is 2.44 bits per heavy atom. The largest absolute Gasteiger partial charge is 0.490 e. The first kappa shape index (κ1) is 34.4. The normalized spacial score (nSPS) is 22.8. The minimum Gasteiger partial charge on any atom is -0.490 e. The average Bonchev–Trinajstić information content (AvgIpc) is 3.06. The minimum absolute atomic E-state index is 0.0133. The number of carbonyl (C=O) groups excluding carboxylic acids is 3. The molecule has 0 saturated heterocycles. The molecule has 2 aliphatic rings. The van der Waals surface area contributed by atoms with Crippen molar-refractivity contribution in [3.05, 3.63) is 59.7 Å². The number of ether oxygens (including phenoxy) is 2. The smallest absolute Gasteiger partial charge is 0.258 e. The van der Waals surface area contributed by atoms with Crippen molar-refractivity contribution in [3.8, 4) is 5.75 Å². The fourth-order valence-electron chi connectivity index (χ4n) is 6.23. The van der Waals surface area contributed by atoms with E-state index in [1.165, 1.54) is 0 Å². The summed E-state index contributed by atoms with van der Waals surface area (Å²) in [6, 6.07) is 14.0. The van der Waals surface area contributed by atoms with Crippen LogP contribution in [0, 0.1) is 11.8 Å². The van der Waals surface area contributed by atoms with Crippen LogP contribution in [0.2, 0.25) is 0 Å². The number of amides is 3. The first-order valence-corrected chi connectivity index (χ1v) is 16.6. The van der Waals surface area contributed by atoms with E-state index >= 15 is 0 Å². The maximum atomic E-state index is 14.3. The minimum atomic E-state index is -0.483. The number of hydrogen-bond donors (Lipinski definition) is 2. The Labute approximate surface area is 268 Å². The third-order valence-corrected chi connectivity index (χ3v) is 9.12. The van der Waals surface area contributed by atoms with E-state index < -0.39 is 6.04 Å². The highest BCUT2D eigenvalue weighted by Gasteiger charge is 2.31. The molecule has 1 aliphatic carbocycles. The van der Waals surface area contributed by atoms with Gasteiger partial charge in [-0.25, -0.2) is 0 Å². The van der Waals surface area contributed by atoms with Gasteiger partial charge in [-0.15, -0.1) is 0 Å². The van der Waals surface area contributed by atoms with Gasteiger partial charge >= 0.3 is 0 Å². The zero-order chi connectivity index (χ0) is 32.3. The van der Waals surface area contributed by atoms with Gasteiger partial charge in [0, 0.05) is 49.8 Å². The van der Waals surface area contributed by atoms with E-state index in [0.29, 0.717) is 42.3 Å². The monoisotopic (exact) mass is 621 g/mol. The molecular formula is C36H51N3O6. The number of aliphatic hydroxyl groups excluding tert-OH is 1. The van der Waals surface area contributed by atoms with Crippen molar-refractivity contribution in [1.29, 1.82) is 0 Å². The second-order valence-electron chi connectivity index (χ2n) is 12.9. The Kier molecular flexibility index (Phi) is 12.8. The average molecular weight is 622 g/mol. The number of hydrogen-bond acceptors (Lipinski definition) is 6. The Morgan fingerprint density at radius 2 is 1.73 bits per heavy atom. The number of anilines is 1. The van der Waals surface area contributed by atoms with Gasteiger partial charge in [-0.1, -0.05) is 44.4 Å². The molecule has 2 aromatic rings. The van der Waals surface area contributed by atoms with E-state index in [2.05, 4.69) is 5.32 Å². The van der Waals surface area contributed by atoms with Gasteiger partial charge in [-0.3, -0.25) is 14.4 Å². The number of aliphatic hydroxyl groups is 1. The third kappa shape index (κ3) is 9.53. The molecule has 246 valence electrons. The highest BCUT2D eigenvalue weighted by molar-refractivity contribution is 6.00. The third-order valence-electron chi connectivity index (χ3n) is 9.12. The molecule has 0 bridgehead atoms. The first-order chi connectivity index (χ1) is 21.7. The predicted molar refractivity (Wildman–Crippen MR) is 175 cm³/mol. The van der Waals surface area contributed by atoms with Crippen LogP contribution >= 0.6 is 0 Å². The number of fused-ring (bicyclic) bond motifs is 1. The molecule has 4 rings (SSSR count). The molecule has 0 unspecified atom stereocenters. The topological polar surface area (TPSA) is 108 Å². The molecule has 0 spiro atoms. The number of nitrogens with zero attached hydrogens (tertiary/aromatic N) is 2. The fourth-order valence-corrected chi connectivity index (χ4v) is 6.23. The summed E-state index contributed by atoms with van der Waals surface area (Å²) in [5.74, 6) is -0.108. The molecule has 1 aliphatic heterocycles. The molecule has 45 heavy (non-hydrogen) atoms. The molecule has 1 heterocycles. The molecule has 9 heteroatoms. The van der Waals surface area contributed by atoms with Gasteiger partial charge in [-0.05, 0) is 76.3 Å². The van der Waals surface area contributed by atoms with E-state index in [9.17, 15) is 19.5 Å². The molecular weight excluding hydrogens is 570 g/mol. The van der Waals surface area contributed by atoms with Crippen molar-refractivity contribution < 1.29 is 29.0 Å². The van der Waals surface area contributed by atoms with Gasteiger partial charge in [0.1, 0.15) is 5.75 Å². The van der Waals surface area contributed by atoms with Crippen molar-refractivity contribution in [2.45, 2.75) is 90.4 Å². The van der Waals surface area contributed by atoms with Gasteiger partial charge in [0.2, 0.25) is 5.91 Å². The Balaban J connectivity index is 1.61. The summed E-state index contributed by atoms with van der Waals surface area (Å²) in [6.07, 6.45) is 7.05. The number of benzene rings is 2. The number of likely N-dealkylation sites (N-methyl/N-ethyl adjacent to an activating group) is 1. The lowest BCUT2D eigenvalue weighted by Crippen LogP contribution is -2.48. The molecule has 3 amide bonds. The standard InChI is InChI=1S/C36H51N3O6/c1-25-22-39(26(2)24-40)36(43)31-21-30(37-34(41)28-14-7-5-8-15-28)18-19-32(31)45-27(3)13-11-12-20-44-33(25)23-38(4)35(42)29-16-9-6-10-17-29/h6,9-10,16-19,21,25-28,33,40H,5,7-8,11-15,20,22-24H2,1-4H3,(H,37,41)/t25-,26+,27-,33+/m0/s1. The predicted octanol–water partition coefficient (Wildman–Crippen LogP) is 5.77. The van der Waals surface area contributed by atoms with Crippen molar-refractivity contribution in [1.82, 2.24) is 9.80 Å². The summed E-state index contributed by atoms with van der Waals surface area (Å²) in [5, 5.41) is 13.3. The summed E-state index contributed by atoms with van der Waals surface area (Å²) in [7, 11) is 1.77. The van der Waals surface area contributed by atoms with E-state index in [1.807, 2.05) is 39.0 Å². The second-order valence-corrected chi connectivity index (χ2v) is 12.9. The fraction of sp³-hybridized carbons (Fsp3) is 0.583. The summed E-state index contributed by atoms with van der Waals surface area (Å²) in [4.78, 5) is 43.9. The van der Waals surface area contributed by atoms with Crippen LogP contribution in [0.4, 0.5) is 5.69 Å². The molecule has 0 aromatic heterocycles. The Hall–Kier alpha value is -3.43. The lowest BCUT2D eigenvalue weighted by molar-refractivity contribution is -0.120. The van der Waals surface area contributed by atoms with Crippen LogP contribution in [0.5, 0.6) is 5.75 Å². The molecule has 1 fully saturated rings. The molecule has 1 saturated carbocycles. The van der Waals surface area contributed by atoms with Gasteiger partial charge in [0.05, 0.1) is 30.4 Å². The lowest BCUT2D eigenvalue weighted by atomic mass is 9.88. The van der Waals surface area contributed by atoms with Crippen LogP contribution in [-0.2, 0) is 9.53 Å². The van der Waals surface area contributed by atoms with E-state index in [-0.39, 0.29) is 48.4 Å². The second kappa shape index (κ2) is 16.8. The summed E-state index contributed by atoms with van der Waals surface area (Å²) in [5.41, 5.74) is 1.51. The van der Waals surface area contributed by atoms with Crippen LogP contribution in [0.1, 0.15) is 92.9 Å². The van der Waals surface area contributed by atoms with Crippen LogP contribution < -0.4 is 10.1 Å².